The number of carbonyl (C=O) groups excluding carboxylic acids is 2. The number of primary amides is 1. The molecule has 2 N–H and O–H groups in total. The summed E-state index contributed by atoms with van der Waals surface area (Å²) >= 11 is 0. The van der Waals surface area contributed by atoms with Crippen LogP contribution >= 0.6 is 0 Å². The lowest BCUT2D eigenvalue weighted by Gasteiger charge is -2.37. The summed E-state index contributed by atoms with van der Waals surface area (Å²) < 4.78 is 0. The van der Waals surface area contributed by atoms with E-state index >= 15 is 0 Å². The molecule has 2 rings (SSSR count). The van der Waals surface area contributed by atoms with Crippen molar-refractivity contribution in [2.24, 2.45) is 11.7 Å². The van der Waals surface area contributed by atoms with Gasteiger partial charge >= 0.3 is 0 Å². The first-order valence-corrected chi connectivity index (χ1v) is 8.63. The lowest BCUT2D eigenvalue weighted by Crippen LogP contribution is -2.45. The Morgan fingerprint density at radius 3 is 2.50 bits per heavy atom. The molecule has 0 spiro atoms. The summed E-state index contributed by atoms with van der Waals surface area (Å²) in [7, 11) is 2.15. The van der Waals surface area contributed by atoms with Gasteiger partial charge in [-0.1, -0.05) is 37.3 Å². The number of nitrogens with two attached hydrogens (primary N) is 1. The third-order valence-electron chi connectivity index (χ3n) is 4.81. The number of hydrogen-bond donors (Lipinski definition) is 1. The highest BCUT2D eigenvalue weighted by atomic mass is 16.2. The number of carbonyl (C=O) groups is 2. The van der Waals surface area contributed by atoms with Crippen molar-refractivity contribution in [1.29, 1.82) is 0 Å². The Morgan fingerprint density at radius 1 is 1.29 bits per heavy atom. The SMILES string of the molecule is C[C@@H](C[CH]C(=O)N1CCC(N(C)Cc2ccccc2)CC1)C(N)=O. The van der Waals surface area contributed by atoms with E-state index in [0.717, 1.165) is 32.5 Å². The van der Waals surface area contributed by atoms with E-state index in [2.05, 4.69) is 36.2 Å². The molecule has 5 heteroatoms. The molecule has 1 fully saturated rings. The van der Waals surface area contributed by atoms with Crippen molar-refractivity contribution in [3.05, 3.63) is 42.3 Å². The van der Waals surface area contributed by atoms with Gasteiger partial charge in [0.15, 0.2) is 0 Å². The number of benzene rings is 1. The zero-order valence-corrected chi connectivity index (χ0v) is 14.6. The van der Waals surface area contributed by atoms with Gasteiger partial charge in [0.05, 0.1) is 6.42 Å². The summed E-state index contributed by atoms with van der Waals surface area (Å²) in [5, 5.41) is 0. The van der Waals surface area contributed by atoms with Crippen molar-refractivity contribution in [1.82, 2.24) is 9.80 Å². The van der Waals surface area contributed by atoms with Crippen LogP contribution < -0.4 is 5.73 Å². The molecule has 2 amide bonds. The molecule has 0 saturated carbocycles. The van der Waals surface area contributed by atoms with Gasteiger partial charge in [-0.3, -0.25) is 14.5 Å². The monoisotopic (exact) mass is 330 g/mol. The Hall–Kier alpha value is -1.88. The van der Waals surface area contributed by atoms with Crippen molar-refractivity contribution in [2.75, 3.05) is 20.1 Å². The van der Waals surface area contributed by atoms with Crippen LogP contribution in [-0.2, 0) is 16.1 Å². The van der Waals surface area contributed by atoms with E-state index in [4.69, 9.17) is 5.73 Å². The van der Waals surface area contributed by atoms with Crippen LogP contribution in [0.4, 0.5) is 0 Å². The van der Waals surface area contributed by atoms with Gasteiger partial charge in [0.25, 0.3) is 0 Å². The van der Waals surface area contributed by atoms with Crippen molar-refractivity contribution in [3.63, 3.8) is 0 Å². The van der Waals surface area contributed by atoms with Gasteiger partial charge in [-0.05, 0) is 31.9 Å². The van der Waals surface area contributed by atoms with Crippen molar-refractivity contribution >= 4 is 11.8 Å². The van der Waals surface area contributed by atoms with Gasteiger partial charge in [0.2, 0.25) is 11.8 Å². The number of hydrogen-bond acceptors (Lipinski definition) is 3. The van der Waals surface area contributed by atoms with Crippen LogP contribution in [0.25, 0.3) is 0 Å². The topological polar surface area (TPSA) is 66.6 Å². The highest BCUT2D eigenvalue weighted by Gasteiger charge is 2.25. The smallest absolute Gasteiger partial charge is 0.226 e. The fraction of sp³-hybridized carbons (Fsp3) is 0.526. The van der Waals surface area contributed by atoms with E-state index in [1.165, 1.54) is 5.56 Å². The van der Waals surface area contributed by atoms with Crippen LogP contribution in [0.1, 0.15) is 31.7 Å². The van der Waals surface area contributed by atoms with Crippen LogP contribution in [0, 0.1) is 12.3 Å². The third kappa shape index (κ3) is 5.34. The zero-order valence-electron chi connectivity index (χ0n) is 14.6. The van der Waals surface area contributed by atoms with E-state index in [9.17, 15) is 9.59 Å². The van der Waals surface area contributed by atoms with Crippen LogP contribution in [0.15, 0.2) is 30.3 Å². The molecule has 1 heterocycles. The van der Waals surface area contributed by atoms with E-state index < -0.39 is 0 Å². The van der Waals surface area contributed by atoms with Crippen molar-refractivity contribution < 1.29 is 9.59 Å². The standard InChI is InChI=1S/C19H28N3O2/c1-15(19(20)24)8-9-18(23)22-12-10-17(11-13-22)21(2)14-16-6-4-3-5-7-16/h3-7,9,15,17H,8,10-14H2,1-2H3,(H2,20,24)/t15-/m0/s1. The second kappa shape index (κ2) is 8.83. The maximum Gasteiger partial charge on any atom is 0.226 e. The molecule has 1 aromatic carbocycles. The maximum absolute atomic E-state index is 12.2. The fourth-order valence-corrected chi connectivity index (χ4v) is 3.05. The molecule has 0 bridgehead atoms. The Labute approximate surface area is 144 Å². The largest absolute Gasteiger partial charge is 0.369 e. The second-order valence-electron chi connectivity index (χ2n) is 6.70. The first-order chi connectivity index (χ1) is 11.5. The number of likely N-dealkylation sites (tertiary alicyclic amines) is 1. The molecule has 0 unspecified atom stereocenters. The number of piperidine rings is 1. The second-order valence-corrected chi connectivity index (χ2v) is 6.70. The van der Waals surface area contributed by atoms with Crippen LogP contribution in [-0.4, -0.2) is 47.8 Å². The molecule has 5 nitrogen and oxygen atoms in total. The van der Waals surface area contributed by atoms with E-state index in [1.807, 2.05) is 11.0 Å². The molecular formula is C19H28N3O2. The number of nitrogens with zero attached hydrogens (tertiary/aromatic N) is 2. The average Bonchev–Trinajstić information content (AvgIpc) is 2.60. The van der Waals surface area contributed by atoms with Crippen LogP contribution in [0.2, 0.25) is 0 Å². The summed E-state index contributed by atoms with van der Waals surface area (Å²) in [6.07, 6.45) is 3.98. The quantitative estimate of drug-likeness (QED) is 0.829. The van der Waals surface area contributed by atoms with Gasteiger partial charge in [0, 0.05) is 31.6 Å². The van der Waals surface area contributed by atoms with E-state index in [1.54, 1.807) is 13.3 Å². The molecular weight excluding hydrogens is 302 g/mol. The molecule has 1 aliphatic rings. The number of rotatable bonds is 7. The zero-order chi connectivity index (χ0) is 17.5. The first kappa shape index (κ1) is 18.5. The van der Waals surface area contributed by atoms with E-state index in [0.29, 0.717) is 12.5 Å². The molecule has 1 saturated heterocycles. The fourth-order valence-electron chi connectivity index (χ4n) is 3.05. The summed E-state index contributed by atoms with van der Waals surface area (Å²) in [5.41, 5.74) is 6.54. The normalized spacial score (nSPS) is 17.0. The molecule has 0 aromatic heterocycles. The Bertz CT molecular complexity index is 539. The lowest BCUT2D eigenvalue weighted by molar-refractivity contribution is -0.129. The highest BCUT2D eigenvalue weighted by molar-refractivity contribution is 5.86. The molecule has 24 heavy (non-hydrogen) atoms. The predicted molar refractivity (Wildman–Crippen MR) is 94.8 cm³/mol. The van der Waals surface area contributed by atoms with Crippen LogP contribution in [0.3, 0.4) is 0 Å². The molecule has 131 valence electrons. The minimum Gasteiger partial charge on any atom is -0.369 e. The van der Waals surface area contributed by atoms with Crippen molar-refractivity contribution in [3.8, 4) is 0 Å². The highest BCUT2D eigenvalue weighted by Crippen LogP contribution is 2.18. The Kier molecular flexibility index (Phi) is 6.79. The third-order valence-corrected chi connectivity index (χ3v) is 4.81. The minimum absolute atomic E-state index is 0.0206. The molecule has 0 aliphatic carbocycles. The maximum atomic E-state index is 12.2. The van der Waals surface area contributed by atoms with Gasteiger partial charge in [-0.15, -0.1) is 0 Å². The predicted octanol–water partition coefficient (Wildman–Crippen LogP) is 1.83. The molecule has 1 aromatic rings. The summed E-state index contributed by atoms with van der Waals surface area (Å²) in [6, 6.07) is 10.9. The summed E-state index contributed by atoms with van der Waals surface area (Å²) in [4.78, 5) is 27.5. The van der Waals surface area contributed by atoms with Gasteiger partial charge in [-0.2, -0.15) is 0 Å². The van der Waals surface area contributed by atoms with Gasteiger partial charge in [-0.25, -0.2) is 0 Å². The Morgan fingerprint density at radius 2 is 1.92 bits per heavy atom. The first-order valence-electron chi connectivity index (χ1n) is 8.63. The van der Waals surface area contributed by atoms with Crippen LogP contribution in [0.5, 0.6) is 0 Å². The van der Waals surface area contributed by atoms with Gasteiger partial charge in [0.1, 0.15) is 0 Å². The summed E-state index contributed by atoms with van der Waals surface area (Å²) in [5.74, 6) is -0.629. The lowest BCUT2D eigenvalue weighted by atomic mass is 10.0. The molecule has 1 aliphatic heterocycles. The molecule has 1 radical (unpaired) electrons. The molecule has 1 atom stereocenters. The Balaban J connectivity index is 1.74. The summed E-state index contributed by atoms with van der Waals surface area (Å²) in [6.45, 7) is 4.22. The number of amides is 2. The minimum atomic E-state index is -0.361. The van der Waals surface area contributed by atoms with Crippen molar-refractivity contribution in [2.45, 2.75) is 38.8 Å². The van der Waals surface area contributed by atoms with E-state index in [-0.39, 0.29) is 17.7 Å². The van der Waals surface area contributed by atoms with Gasteiger partial charge < -0.3 is 10.6 Å². The average molecular weight is 330 g/mol.